The first kappa shape index (κ1) is 17.4. The molecule has 0 radical (unpaired) electrons. The number of carbonyl (C=O) groups is 1. The van der Waals surface area contributed by atoms with E-state index >= 15 is 0 Å². The van der Waals surface area contributed by atoms with E-state index in [1.165, 1.54) is 0 Å². The van der Waals surface area contributed by atoms with E-state index in [1.54, 1.807) is 13.2 Å². The second-order valence-corrected chi connectivity index (χ2v) is 6.88. The molecule has 136 valence electrons. The molecule has 4 rings (SSSR count). The number of rotatable bonds is 5. The van der Waals surface area contributed by atoms with Gasteiger partial charge in [0.25, 0.3) is 0 Å². The number of para-hydroxylation sites is 2. The maximum absolute atomic E-state index is 12.4. The lowest BCUT2D eigenvalue weighted by Crippen LogP contribution is -2.22. The normalized spacial score (nSPS) is 10.9. The first-order valence-corrected chi connectivity index (χ1v) is 9.22. The number of nitrogens with one attached hydrogen (secondary N) is 2. The molecule has 5 nitrogen and oxygen atoms in total. The molecule has 4 aromatic rings. The van der Waals surface area contributed by atoms with Crippen molar-refractivity contribution in [2.24, 2.45) is 0 Å². The lowest BCUT2D eigenvalue weighted by molar-refractivity contribution is -0.114. The first-order valence-electron chi connectivity index (χ1n) is 8.43. The Bertz CT molecular complexity index is 1140. The summed E-state index contributed by atoms with van der Waals surface area (Å²) in [7, 11) is 1.58. The maximum atomic E-state index is 12.4. The molecule has 0 unspecified atom stereocenters. The number of hydrogen-bond donors (Lipinski definition) is 2. The van der Waals surface area contributed by atoms with Gasteiger partial charge in [0, 0.05) is 27.0 Å². The van der Waals surface area contributed by atoms with Crippen molar-refractivity contribution >= 4 is 55.2 Å². The first-order chi connectivity index (χ1) is 13.2. The van der Waals surface area contributed by atoms with E-state index in [4.69, 9.17) is 9.15 Å². The predicted octanol–water partition coefficient (Wildman–Crippen LogP) is 5.41. The highest BCUT2D eigenvalue weighted by molar-refractivity contribution is 9.10. The minimum Gasteiger partial charge on any atom is -0.495 e. The fourth-order valence-electron chi connectivity index (χ4n) is 2.99. The van der Waals surface area contributed by atoms with Crippen molar-refractivity contribution in [3.8, 4) is 5.75 Å². The van der Waals surface area contributed by atoms with Gasteiger partial charge in [-0.2, -0.15) is 0 Å². The molecule has 27 heavy (non-hydrogen) atoms. The van der Waals surface area contributed by atoms with Crippen LogP contribution in [0.4, 0.5) is 11.4 Å². The molecule has 1 heterocycles. The van der Waals surface area contributed by atoms with Gasteiger partial charge in [-0.15, -0.1) is 0 Å². The van der Waals surface area contributed by atoms with E-state index in [0.717, 1.165) is 26.5 Å². The fraction of sp³-hybridized carbons (Fsp3) is 0.0952. The number of methoxy groups -OCH3 is 1. The van der Waals surface area contributed by atoms with Crippen molar-refractivity contribution < 1.29 is 13.9 Å². The number of furan rings is 1. The highest BCUT2D eigenvalue weighted by Crippen LogP contribution is 2.36. The average Bonchev–Trinajstić information content (AvgIpc) is 3.04. The van der Waals surface area contributed by atoms with E-state index in [1.807, 2.05) is 54.6 Å². The summed E-state index contributed by atoms with van der Waals surface area (Å²) in [4.78, 5) is 12.4. The third kappa shape index (κ3) is 3.48. The van der Waals surface area contributed by atoms with Crippen LogP contribution in [0.15, 0.2) is 69.6 Å². The van der Waals surface area contributed by atoms with Crippen LogP contribution in [0.5, 0.6) is 5.75 Å². The fourth-order valence-corrected chi connectivity index (χ4v) is 3.42. The molecular weight excluding hydrogens is 408 g/mol. The van der Waals surface area contributed by atoms with Crippen LogP contribution in [-0.2, 0) is 4.79 Å². The molecular formula is C21H17BrN2O3. The monoisotopic (exact) mass is 424 g/mol. The van der Waals surface area contributed by atoms with E-state index in [0.29, 0.717) is 17.0 Å². The van der Waals surface area contributed by atoms with Gasteiger partial charge in [0.15, 0.2) is 0 Å². The number of hydrogen-bond acceptors (Lipinski definition) is 4. The summed E-state index contributed by atoms with van der Waals surface area (Å²) in [5.74, 6) is 0.405. The van der Waals surface area contributed by atoms with Crippen LogP contribution in [0.25, 0.3) is 21.9 Å². The molecule has 0 spiro atoms. The molecule has 0 atom stereocenters. The number of amides is 1. The topological polar surface area (TPSA) is 63.5 Å². The molecule has 0 saturated carbocycles. The Morgan fingerprint density at radius 3 is 2.59 bits per heavy atom. The molecule has 0 aliphatic carbocycles. The standard InChI is InChI=1S/C21H17BrN2O3/c1-26-20-10-14-13-6-2-5-9-18(13)27-19(14)11-17(20)24-21(25)12-23-16-8-4-3-7-15(16)22/h2-11,23H,12H2,1H3,(H,24,25). The van der Waals surface area contributed by atoms with Gasteiger partial charge in [-0.1, -0.05) is 30.3 Å². The highest BCUT2D eigenvalue weighted by atomic mass is 79.9. The molecule has 0 aliphatic rings. The molecule has 0 fully saturated rings. The number of ether oxygens (including phenoxy) is 1. The van der Waals surface area contributed by atoms with Gasteiger partial charge in [-0.3, -0.25) is 4.79 Å². The van der Waals surface area contributed by atoms with Crippen molar-refractivity contribution in [2.75, 3.05) is 24.3 Å². The van der Waals surface area contributed by atoms with Crippen LogP contribution in [-0.4, -0.2) is 19.6 Å². The van der Waals surface area contributed by atoms with Gasteiger partial charge in [-0.25, -0.2) is 0 Å². The Balaban J connectivity index is 1.58. The summed E-state index contributed by atoms with van der Waals surface area (Å²) >= 11 is 3.45. The van der Waals surface area contributed by atoms with Crippen LogP contribution in [0, 0.1) is 0 Å². The quantitative estimate of drug-likeness (QED) is 0.449. The van der Waals surface area contributed by atoms with Crippen molar-refractivity contribution in [3.63, 3.8) is 0 Å². The minimum absolute atomic E-state index is 0.129. The summed E-state index contributed by atoms with van der Waals surface area (Å²) in [6.07, 6.45) is 0. The Kier molecular flexibility index (Phi) is 4.73. The van der Waals surface area contributed by atoms with Gasteiger partial charge < -0.3 is 19.8 Å². The summed E-state index contributed by atoms with van der Waals surface area (Å²) in [6, 6.07) is 19.1. The summed E-state index contributed by atoms with van der Waals surface area (Å²) in [6.45, 7) is 0.129. The second-order valence-electron chi connectivity index (χ2n) is 6.03. The molecule has 6 heteroatoms. The zero-order valence-corrected chi connectivity index (χ0v) is 16.2. The van der Waals surface area contributed by atoms with Gasteiger partial charge in [0.1, 0.15) is 16.9 Å². The van der Waals surface area contributed by atoms with Crippen LogP contribution >= 0.6 is 15.9 Å². The largest absolute Gasteiger partial charge is 0.495 e. The zero-order valence-electron chi connectivity index (χ0n) is 14.6. The van der Waals surface area contributed by atoms with Gasteiger partial charge in [0.2, 0.25) is 5.91 Å². The smallest absolute Gasteiger partial charge is 0.243 e. The van der Waals surface area contributed by atoms with Gasteiger partial charge in [-0.05, 0) is 40.2 Å². The summed E-state index contributed by atoms with van der Waals surface area (Å²) in [5.41, 5.74) is 2.93. The number of fused-ring (bicyclic) bond motifs is 3. The van der Waals surface area contributed by atoms with Crippen molar-refractivity contribution in [3.05, 3.63) is 65.1 Å². The van der Waals surface area contributed by atoms with E-state index in [2.05, 4.69) is 26.6 Å². The third-order valence-electron chi connectivity index (χ3n) is 4.29. The van der Waals surface area contributed by atoms with E-state index < -0.39 is 0 Å². The maximum Gasteiger partial charge on any atom is 0.243 e. The van der Waals surface area contributed by atoms with Crippen LogP contribution < -0.4 is 15.4 Å². The number of carbonyl (C=O) groups excluding carboxylic acids is 1. The second kappa shape index (κ2) is 7.32. The zero-order chi connectivity index (χ0) is 18.8. The summed E-state index contributed by atoms with van der Waals surface area (Å²) < 4.78 is 12.3. The van der Waals surface area contributed by atoms with E-state index in [9.17, 15) is 4.79 Å². The summed E-state index contributed by atoms with van der Waals surface area (Å²) in [5, 5.41) is 7.96. The van der Waals surface area contributed by atoms with Crippen LogP contribution in [0.1, 0.15) is 0 Å². The van der Waals surface area contributed by atoms with Gasteiger partial charge in [0.05, 0.1) is 19.3 Å². The minimum atomic E-state index is -0.181. The Hall–Kier alpha value is -2.99. The van der Waals surface area contributed by atoms with Crippen molar-refractivity contribution in [2.45, 2.75) is 0 Å². The molecule has 1 aromatic heterocycles. The molecule has 0 bridgehead atoms. The predicted molar refractivity (Wildman–Crippen MR) is 112 cm³/mol. The number of benzene rings is 3. The lowest BCUT2D eigenvalue weighted by atomic mass is 10.1. The van der Waals surface area contributed by atoms with Crippen LogP contribution in [0.3, 0.4) is 0 Å². The van der Waals surface area contributed by atoms with Crippen molar-refractivity contribution in [1.29, 1.82) is 0 Å². The molecule has 2 N–H and O–H groups in total. The SMILES string of the molecule is COc1cc2c(cc1NC(=O)CNc1ccccc1Br)oc1ccccc12. The lowest BCUT2D eigenvalue weighted by Gasteiger charge is -2.12. The van der Waals surface area contributed by atoms with Gasteiger partial charge >= 0.3 is 0 Å². The van der Waals surface area contributed by atoms with Crippen molar-refractivity contribution in [1.82, 2.24) is 0 Å². The number of anilines is 2. The van der Waals surface area contributed by atoms with E-state index in [-0.39, 0.29) is 12.5 Å². The third-order valence-corrected chi connectivity index (χ3v) is 4.98. The Morgan fingerprint density at radius 2 is 1.78 bits per heavy atom. The molecule has 0 saturated heterocycles. The van der Waals surface area contributed by atoms with Crippen LogP contribution in [0.2, 0.25) is 0 Å². The highest BCUT2D eigenvalue weighted by Gasteiger charge is 2.14. The molecule has 1 amide bonds. The molecule has 3 aromatic carbocycles. The average molecular weight is 425 g/mol. The number of halogens is 1. The molecule has 0 aliphatic heterocycles. The Morgan fingerprint density at radius 1 is 1.00 bits per heavy atom. The Labute approximate surface area is 164 Å².